The van der Waals surface area contributed by atoms with Crippen molar-refractivity contribution in [3.8, 4) is 0 Å². The molecule has 0 aliphatic heterocycles. The Morgan fingerprint density at radius 1 is 1.21 bits per heavy atom. The van der Waals surface area contributed by atoms with Gasteiger partial charge in [0.2, 0.25) is 0 Å². The molecule has 0 saturated carbocycles. The normalized spacial score (nSPS) is 12.0. The Balaban J connectivity index is 2.04. The molecule has 0 fully saturated rings. The van der Waals surface area contributed by atoms with Crippen LogP contribution in [0.25, 0.3) is 11.0 Å². The summed E-state index contributed by atoms with van der Waals surface area (Å²) in [6, 6.07) is 11.5. The average Bonchev–Trinajstić information content (AvgIpc) is 2.99. The van der Waals surface area contributed by atoms with E-state index in [0.717, 1.165) is 22.3 Å². The lowest BCUT2D eigenvalue weighted by atomic mass is 10.1. The number of hydrogen-bond acceptors (Lipinski definition) is 5. The Bertz CT molecular complexity index is 1040. The molecule has 29 heavy (non-hydrogen) atoms. The Morgan fingerprint density at radius 3 is 2.55 bits per heavy atom. The first-order valence-corrected chi connectivity index (χ1v) is 9.53. The molecule has 2 aromatic heterocycles. The summed E-state index contributed by atoms with van der Waals surface area (Å²) in [7, 11) is 3.17. The number of esters is 1. The Hall–Kier alpha value is -3.22. The molecule has 152 valence electrons. The lowest BCUT2D eigenvalue weighted by Crippen LogP contribution is -2.37. The third-order valence-corrected chi connectivity index (χ3v) is 4.93. The fourth-order valence-electron chi connectivity index (χ4n) is 3.54. The number of aryl methyl sites for hydroxylation is 3. The van der Waals surface area contributed by atoms with Gasteiger partial charge in [-0.2, -0.15) is 5.10 Å². The van der Waals surface area contributed by atoms with Crippen LogP contribution in [0.5, 0.6) is 0 Å². The van der Waals surface area contributed by atoms with Crippen LogP contribution in [0.15, 0.2) is 36.4 Å². The molecular weight excluding hydrogens is 368 g/mol. The van der Waals surface area contributed by atoms with Crippen LogP contribution in [0.2, 0.25) is 0 Å². The van der Waals surface area contributed by atoms with Gasteiger partial charge in [-0.05, 0) is 25.5 Å². The largest absolute Gasteiger partial charge is 0.469 e. The summed E-state index contributed by atoms with van der Waals surface area (Å²) in [6.07, 6.45) is 0. The Morgan fingerprint density at radius 2 is 1.90 bits per heavy atom. The lowest BCUT2D eigenvalue weighted by Gasteiger charge is -2.26. The van der Waals surface area contributed by atoms with E-state index in [9.17, 15) is 9.59 Å². The molecule has 0 aliphatic carbocycles. The highest BCUT2D eigenvalue weighted by Gasteiger charge is 2.26. The van der Waals surface area contributed by atoms with E-state index < -0.39 is 5.92 Å². The van der Waals surface area contributed by atoms with E-state index in [-0.39, 0.29) is 18.4 Å². The van der Waals surface area contributed by atoms with Crippen LogP contribution in [-0.2, 0) is 23.1 Å². The number of aromatic nitrogens is 3. The second-order valence-corrected chi connectivity index (χ2v) is 7.31. The highest BCUT2D eigenvalue weighted by atomic mass is 16.5. The minimum atomic E-state index is -0.443. The average molecular weight is 394 g/mol. The van der Waals surface area contributed by atoms with Crippen molar-refractivity contribution in [1.82, 2.24) is 19.7 Å². The van der Waals surface area contributed by atoms with Gasteiger partial charge in [0.1, 0.15) is 0 Å². The quantitative estimate of drug-likeness (QED) is 0.601. The summed E-state index contributed by atoms with van der Waals surface area (Å²) >= 11 is 0. The van der Waals surface area contributed by atoms with Crippen molar-refractivity contribution >= 4 is 22.9 Å². The van der Waals surface area contributed by atoms with Gasteiger partial charge in [0.05, 0.1) is 29.7 Å². The number of nitrogens with zero attached hydrogens (tertiary/aromatic N) is 4. The highest BCUT2D eigenvalue weighted by Crippen LogP contribution is 2.24. The molecule has 3 rings (SSSR count). The van der Waals surface area contributed by atoms with Crippen LogP contribution >= 0.6 is 0 Å². The van der Waals surface area contributed by atoms with Crippen molar-refractivity contribution in [2.45, 2.75) is 27.3 Å². The van der Waals surface area contributed by atoms with Crippen LogP contribution in [0.1, 0.15) is 34.2 Å². The molecule has 1 amide bonds. The molecule has 3 aromatic rings. The van der Waals surface area contributed by atoms with Gasteiger partial charge >= 0.3 is 5.97 Å². The van der Waals surface area contributed by atoms with Crippen molar-refractivity contribution in [2.24, 2.45) is 13.0 Å². The first kappa shape index (κ1) is 20.5. The third kappa shape index (κ3) is 4.29. The summed E-state index contributed by atoms with van der Waals surface area (Å²) in [6.45, 7) is 6.14. The number of amides is 1. The van der Waals surface area contributed by atoms with Crippen molar-refractivity contribution in [1.29, 1.82) is 0 Å². The first-order chi connectivity index (χ1) is 13.8. The molecule has 1 atom stereocenters. The maximum absolute atomic E-state index is 13.6. The van der Waals surface area contributed by atoms with Crippen LogP contribution in [-0.4, -0.2) is 45.2 Å². The molecule has 1 unspecified atom stereocenters. The predicted molar refractivity (Wildman–Crippen MR) is 110 cm³/mol. The van der Waals surface area contributed by atoms with Crippen LogP contribution in [0.4, 0.5) is 0 Å². The molecule has 0 spiro atoms. The molecule has 2 heterocycles. The number of ether oxygens (including phenoxy) is 1. The van der Waals surface area contributed by atoms with Crippen molar-refractivity contribution < 1.29 is 14.3 Å². The van der Waals surface area contributed by atoms with E-state index >= 15 is 0 Å². The van der Waals surface area contributed by atoms with Crippen LogP contribution < -0.4 is 0 Å². The van der Waals surface area contributed by atoms with Gasteiger partial charge in [0.15, 0.2) is 5.65 Å². The number of methoxy groups -OCH3 is 1. The fourth-order valence-corrected chi connectivity index (χ4v) is 3.54. The van der Waals surface area contributed by atoms with Gasteiger partial charge in [0.25, 0.3) is 5.91 Å². The van der Waals surface area contributed by atoms with E-state index in [0.29, 0.717) is 17.8 Å². The third-order valence-electron chi connectivity index (χ3n) is 4.93. The number of pyridine rings is 1. The summed E-state index contributed by atoms with van der Waals surface area (Å²) in [4.78, 5) is 31.9. The molecule has 7 nitrogen and oxygen atoms in total. The topological polar surface area (TPSA) is 77.3 Å². The van der Waals surface area contributed by atoms with Gasteiger partial charge in [-0.25, -0.2) is 4.98 Å². The monoisotopic (exact) mass is 394 g/mol. The van der Waals surface area contributed by atoms with Crippen molar-refractivity contribution in [2.75, 3.05) is 13.7 Å². The molecule has 0 saturated heterocycles. The lowest BCUT2D eigenvalue weighted by molar-refractivity contribution is -0.145. The van der Waals surface area contributed by atoms with E-state index in [2.05, 4.69) is 10.1 Å². The fraction of sp³-hybridized carbons (Fsp3) is 0.364. The summed E-state index contributed by atoms with van der Waals surface area (Å²) in [5, 5.41) is 5.17. The minimum absolute atomic E-state index is 0.156. The number of fused-ring (bicyclic) bond motifs is 1. The number of benzene rings is 1. The number of carbonyl (C=O) groups is 2. The van der Waals surface area contributed by atoms with Gasteiger partial charge in [0, 0.05) is 25.8 Å². The molecule has 0 bridgehead atoms. The summed E-state index contributed by atoms with van der Waals surface area (Å²) in [5.41, 5.74) is 3.70. The zero-order valence-corrected chi connectivity index (χ0v) is 17.5. The number of rotatable bonds is 6. The second kappa shape index (κ2) is 8.43. The second-order valence-electron chi connectivity index (χ2n) is 7.31. The summed E-state index contributed by atoms with van der Waals surface area (Å²) < 4.78 is 6.55. The number of carbonyl (C=O) groups excluding carboxylic acids is 2. The SMILES string of the molecule is COC(=O)C(C)CN(Cc1ccccc1)C(=O)c1cc(C)nc2c1c(C)nn2C. The van der Waals surface area contributed by atoms with E-state index in [1.807, 2.05) is 51.2 Å². The maximum atomic E-state index is 13.6. The Kier molecular flexibility index (Phi) is 5.96. The molecule has 0 radical (unpaired) electrons. The summed E-state index contributed by atoms with van der Waals surface area (Å²) in [5.74, 6) is -0.943. The molecular formula is C22H26N4O3. The van der Waals surface area contributed by atoms with E-state index in [1.165, 1.54) is 7.11 Å². The molecule has 7 heteroatoms. The van der Waals surface area contributed by atoms with Gasteiger partial charge in [-0.15, -0.1) is 0 Å². The highest BCUT2D eigenvalue weighted by molar-refractivity contribution is 6.06. The van der Waals surface area contributed by atoms with Gasteiger partial charge in [-0.3, -0.25) is 14.3 Å². The predicted octanol–water partition coefficient (Wildman–Crippen LogP) is 3.04. The molecule has 1 aromatic carbocycles. The van der Waals surface area contributed by atoms with Gasteiger partial charge in [-0.1, -0.05) is 37.3 Å². The minimum Gasteiger partial charge on any atom is -0.469 e. The molecule has 0 N–H and O–H groups in total. The van der Waals surface area contributed by atoms with Gasteiger partial charge < -0.3 is 9.64 Å². The Labute approximate surface area is 170 Å². The maximum Gasteiger partial charge on any atom is 0.310 e. The first-order valence-electron chi connectivity index (χ1n) is 9.53. The number of hydrogen-bond donors (Lipinski definition) is 0. The zero-order chi connectivity index (χ0) is 21.1. The standard InChI is InChI=1S/C22H26N4O3/c1-14(22(28)29-5)12-26(13-17-9-7-6-8-10-17)21(27)18-11-15(2)23-20-19(18)16(3)24-25(20)4/h6-11,14H,12-13H2,1-5H3. The van der Waals surface area contributed by atoms with Crippen LogP contribution in [0.3, 0.4) is 0 Å². The van der Waals surface area contributed by atoms with E-state index in [4.69, 9.17) is 4.74 Å². The molecule has 0 aliphatic rings. The van der Waals surface area contributed by atoms with Crippen LogP contribution in [0, 0.1) is 19.8 Å². The zero-order valence-electron chi connectivity index (χ0n) is 17.5. The van der Waals surface area contributed by atoms with Crippen molar-refractivity contribution in [3.05, 3.63) is 58.9 Å². The smallest absolute Gasteiger partial charge is 0.310 e. The van der Waals surface area contributed by atoms with E-state index in [1.54, 1.807) is 22.6 Å². The van der Waals surface area contributed by atoms with Crippen molar-refractivity contribution in [3.63, 3.8) is 0 Å².